The SMILES string of the molecule is Cc1cc(OCc2ccc(F)cc2F)c(Cl)c(=O)n1-c1ccc2c(c1)N(S(C)(=O)=O)CN2C(=O)CCO. The molecule has 2 aromatic carbocycles. The van der Waals surface area contributed by atoms with Crippen molar-refractivity contribution in [1.29, 1.82) is 0 Å². The number of nitrogens with zero attached hydrogens (tertiary/aromatic N) is 3. The van der Waals surface area contributed by atoms with Gasteiger partial charge in [0.1, 0.15) is 35.7 Å². The first kappa shape index (κ1) is 26.6. The van der Waals surface area contributed by atoms with Crippen LogP contribution in [0.4, 0.5) is 20.2 Å². The van der Waals surface area contributed by atoms with Crippen molar-refractivity contribution in [2.45, 2.75) is 20.0 Å². The van der Waals surface area contributed by atoms with E-state index in [2.05, 4.69) is 0 Å². The van der Waals surface area contributed by atoms with Crippen molar-refractivity contribution in [3.63, 3.8) is 0 Å². The van der Waals surface area contributed by atoms with Gasteiger partial charge in [-0.05, 0) is 37.3 Å². The van der Waals surface area contributed by atoms with Crippen LogP contribution in [0.25, 0.3) is 5.69 Å². The summed E-state index contributed by atoms with van der Waals surface area (Å²) in [6, 6.07) is 8.97. The molecule has 4 rings (SSSR count). The van der Waals surface area contributed by atoms with Crippen molar-refractivity contribution in [3.8, 4) is 11.4 Å². The number of ether oxygens (including phenoxy) is 1. The number of benzene rings is 2. The molecule has 2 heterocycles. The molecule has 37 heavy (non-hydrogen) atoms. The van der Waals surface area contributed by atoms with Crippen LogP contribution in [0.3, 0.4) is 0 Å². The summed E-state index contributed by atoms with van der Waals surface area (Å²) in [5.74, 6) is -2.01. The maximum atomic E-state index is 13.9. The summed E-state index contributed by atoms with van der Waals surface area (Å²) in [5, 5.41) is 8.83. The monoisotopic (exact) mass is 553 g/mol. The number of aryl methyl sites for hydroxylation is 1. The first-order valence-electron chi connectivity index (χ1n) is 10.9. The van der Waals surface area contributed by atoms with E-state index in [4.69, 9.17) is 21.4 Å². The standard InChI is InChI=1S/C24H22ClF2N3O6S/c1-14-9-21(36-12-15-3-4-16(26)10-18(15)27)23(25)24(33)30(14)17-5-6-19-20(11-17)29(37(2,34)35)13-28(19)22(32)7-8-31/h3-6,9-11,31H,7-8,12-13H2,1-2H3. The molecule has 0 aliphatic carbocycles. The van der Waals surface area contributed by atoms with Crippen molar-refractivity contribution in [2.24, 2.45) is 0 Å². The summed E-state index contributed by atoms with van der Waals surface area (Å²) in [7, 11) is -3.78. The normalized spacial score (nSPS) is 13.1. The van der Waals surface area contributed by atoms with Crippen molar-refractivity contribution in [1.82, 2.24) is 4.57 Å². The van der Waals surface area contributed by atoms with Crippen LogP contribution in [0.1, 0.15) is 17.7 Å². The fourth-order valence-corrected chi connectivity index (χ4v) is 5.01. The zero-order chi connectivity index (χ0) is 27.1. The molecule has 0 bridgehead atoms. The number of hydrogen-bond acceptors (Lipinski definition) is 6. The van der Waals surface area contributed by atoms with Crippen molar-refractivity contribution < 1.29 is 31.8 Å². The quantitative estimate of drug-likeness (QED) is 0.481. The van der Waals surface area contributed by atoms with Crippen LogP contribution in [-0.2, 0) is 21.4 Å². The number of halogens is 3. The minimum atomic E-state index is -3.78. The van der Waals surface area contributed by atoms with Gasteiger partial charge in [-0.25, -0.2) is 21.5 Å². The average Bonchev–Trinajstić information content (AvgIpc) is 3.21. The highest BCUT2D eigenvalue weighted by Crippen LogP contribution is 2.39. The molecule has 196 valence electrons. The Kier molecular flexibility index (Phi) is 7.27. The Bertz CT molecular complexity index is 1560. The summed E-state index contributed by atoms with van der Waals surface area (Å²) >= 11 is 6.27. The Hall–Kier alpha value is -3.48. The molecular formula is C24H22ClF2N3O6S. The van der Waals surface area contributed by atoms with E-state index >= 15 is 0 Å². The second-order valence-electron chi connectivity index (χ2n) is 8.35. The molecule has 1 aromatic heterocycles. The Labute approximate surface area is 216 Å². The smallest absolute Gasteiger partial charge is 0.277 e. The number of aliphatic hydroxyl groups is 1. The molecule has 1 N–H and O–H groups in total. The van der Waals surface area contributed by atoms with Crippen LogP contribution in [0.5, 0.6) is 5.75 Å². The number of hydrogen-bond donors (Lipinski definition) is 1. The molecule has 0 saturated heterocycles. The molecule has 0 atom stereocenters. The topological polar surface area (TPSA) is 109 Å². The Morgan fingerprint density at radius 3 is 2.51 bits per heavy atom. The molecule has 9 nitrogen and oxygen atoms in total. The Morgan fingerprint density at radius 2 is 1.86 bits per heavy atom. The van der Waals surface area contributed by atoms with Crippen LogP contribution < -0.4 is 19.5 Å². The molecule has 0 spiro atoms. The summed E-state index contributed by atoms with van der Waals surface area (Å²) in [4.78, 5) is 26.9. The fraction of sp³-hybridized carbons (Fsp3) is 0.250. The lowest BCUT2D eigenvalue weighted by molar-refractivity contribution is -0.119. The summed E-state index contributed by atoms with van der Waals surface area (Å²) in [6.45, 7) is 0.644. The number of pyridine rings is 1. The highest BCUT2D eigenvalue weighted by molar-refractivity contribution is 7.92. The van der Waals surface area contributed by atoms with Crippen molar-refractivity contribution in [2.75, 3.05) is 28.7 Å². The highest BCUT2D eigenvalue weighted by Gasteiger charge is 2.35. The van der Waals surface area contributed by atoms with E-state index in [0.717, 1.165) is 22.7 Å². The van der Waals surface area contributed by atoms with Gasteiger partial charge in [-0.2, -0.15) is 0 Å². The molecule has 13 heteroatoms. The number of rotatable bonds is 7. The van der Waals surface area contributed by atoms with Crippen LogP contribution in [0.2, 0.25) is 5.02 Å². The number of fused-ring (bicyclic) bond motifs is 1. The van der Waals surface area contributed by atoms with Gasteiger partial charge >= 0.3 is 0 Å². The number of sulfonamides is 1. The fourth-order valence-electron chi connectivity index (χ4n) is 3.99. The van der Waals surface area contributed by atoms with Gasteiger partial charge in [-0.1, -0.05) is 11.6 Å². The third-order valence-electron chi connectivity index (χ3n) is 5.77. The van der Waals surface area contributed by atoms with E-state index < -0.39 is 39.7 Å². The van der Waals surface area contributed by atoms with Gasteiger partial charge in [0.05, 0.1) is 36.3 Å². The van der Waals surface area contributed by atoms with E-state index in [1.54, 1.807) is 6.92 Å². The number of carbonyl (C=O) groups excluding carboxylic acids is 1. The second-order valence-corrected chi connectivity index (χ2v) is 10.6. The maximum Gasteiger partial charge on any atom is 0.277 e. The molecule has 0 unspecified atom stereocenters. The minimum Gasteiger partial charge on any atom is -0.487 e. The predicted molar refractivity (Wildman–Crippen MR) is 134 cm³/mol. The lowest BCUT2D eigenvalue weighted by Gasteiger charge is -2.18. The van der Waals surface area contributed by atoms with Gasteiger partial charge in [0.15, 0.2) is 0 Å². The molecule has 1 aliphatic rings. The van der Waals surface area contributed by atoms with Crippen molar-refractivity contribution >= 4 is 38.9 Å². The molecular weight excluding hydrogens is 532 g/mol. The molecule has 3 aromatic rings. The van der Waals surface area contributed by atoms with E-state index in [0.29, 0.717) is 11.4 Å². The molecule has 1 amide bonds. The number of amides is 1. The largest absolute Gasteiger partial charge is 0.487 e. The second kappa shape index (κ2) is 10.1. The zero-order valence-electron chi connectivity index (χ0n) is 19.7. The summed E-state index contributed by atoms with van der Waals surface area (Å²) < 4.78 is 59.7. The Balaban J connectivity index is 1.72. The van der Waals surface area contributed by atoms with Gasteiger partial charge in [0, 0.05) is 23.4 Å². The van der Waals surface area contributed by atoms with Gasteiger partial charge in [0.2, 0.25) is 15.9 Å². The lowest BCUT2D eigenvalue weighted by atomic mass is 10.2. The van der Waals surface area contributed by atoms with Gasteiger partial charge in [0.25, 0.3) is 5.56 Å². The van der Waals surface area contributed by atoms with E-state index in [-0.39, 0.29) is 47.4 Å². The van der Waals surface area contributed by atoms with E-state index in [1.165, 1.54) is 39.8 Å². The molecule has 0 saturated carbocycles. The summed E-state index contributed by atoms with van der Waals surface area (Å²) in [6.07, 6.45) is 0.810. The number of carbonyl (C=O) groups is 1. The van der Waals surface area contributed by atoms with E-state index in [1.807, 2.05) is 0 Å². The summed E-state index contributed by atoms with van der Waals surface area (Å²) in [5.41, 5.74) is 0.546. The van der Waals surface area contributed by atoms with Crippen LogP contribution >= 0.6 is 11.6 Å². The third kappa shape index (κ3) is 5.17. The van der Waals surface area contributed by atoms with Crippen molar-refractivity contribution in [3.05, 3.63) is 80.7 Å². The molecule has 0 fully saturated rings. The maximum absolute atomic E-state index is 13.9. The minimum absolute atomic E-state index is 0.0103. The highest BCUT2D eigenvalue weighted by atomic mass is 35.5. The van der Waals surface area contributed by atoms with Crippen LogP contribution in [0.15, 0.2) is 47.3 Å². The van der Waals surface area contributed by atoms with Crippen LogP contribution in [0, 0.1) is 18.6 Å². The third-order valence-corrected chi connectivity index (χ3v) is 7.23. The first-order valence-corrected chi connectivity index (χ1v) is 13.2. The molecule has 0 radical (unpaired) electrons. The van der Waals surface area contributed by atoms with E-state index in [9.17, 15) is 26.8 Å². The lowest BCUT2D eigenvalue weighted by Crippen LogP contribution is -2.38. The number of anilines is 2. The molecule has 1 aliphatic heterocycles. The average molecular weight is 554 g/mol. The van der Waals surface area contributed by atoms with Gasteiger partial charge in [-0.3, -0.25) is 19.1 Å². The van der Waals surface area contributed by atoms with Crippen LogP contribution in [-0.4, -0.2) is 43.5 Å². The Morgan fingerprint density at radius 1 is 1.14 bits per heavy atom. The number of aliphatic hydroxyl groups excluding tert-OH is 1. The number of aromatic nitrogens is 1. The first-order chi connectivity index (χ1) is 17.4. The zero-order valence-corrected chi connectivity index (χ0v) is 21.3. The van der Waals surface area contributed by atoms with Gasteiger partial charge in [-0.15, -0.1) is 0 Å². The van der Waals surface area contributed by atoms with Gasteiger partial charge < -0.3 is 9.84 Å². The predicted octanol–water partition coefficient (Wildman–Crippen LogP) is 3.11.